The maximum Gasteiger partial charge on any atom is 0.252 e. The van der Waals surface area contributed by atoms with Gasteiger partial charge in [0.1, 0.15) is 17.4 Å². The Bertz CT molecular complexity index is 932. The molecule has 2 aromatic rings. The lowest BCUT2D eigenvalue weighted by Gasteiger charge is -2.30. The standard InChI is InChI=1S/C20H26ClFN6O3/c1-30-6-7-31-20-13(21)8-11(10-25-20)26-18-12(17(24)29)9-14(22)19(28-18)27-16-5-3-2-4-15(16)23/h8-10,15-16H,2-7,23H2,1H3,(H2,24,29)(H2,26,27,28)/t15-,16+/m0/s1. The van der Waals surface area contributed by atoms with Gasteiger partial charge in [-0.25, -0.2) is 14.4 Å². The van der Waals surface area contributed by atoms with Gasteiger partial charge < -0.3 is 31.6 Å². The number of halogens is 2. The Morgan fingerprint density at radius 2 is 2.06 bits per heavy atom. The molecule has 168 valence electrons. The van der Waals surface area contributed by atoms with Crippen molar-refractivity contribution in [3.63, 3.8) is 0 Å². The smallest absolute Gasteiger partial charge is 0.252 e. The Morgan fingerprint density at radius 3 is 2.74 bits per heavy atom. The quantitative estimate of drug-likeness (QED) is 0.426. The number of ether oxygens (including phenoxy) is 2. The molecule has 0 radical (unpaired) electrons. The van der Waals surface area contributed by atoms with Crippen molar-refractivity contribution in [2.24, 2.45) is 11.5 Å². The van der Waals surface area contributed by atoms with Crippen molar-refractivity contribution in [3.8, 4) is 5.88 Å². The van der Waals surface area contributed by atoms with Crippen molar-refractivity contribution < 1.29 is 18.7 Å². The zero-order valence-electron chi connectivity index (χ0n) is 17.2. The van der Waals surface area contributed by atoms with Crippen molar-refractivity contribution in [1.29, 1.82) is 0 Å². The van der Waals surface area contributed by atoms with E-state index in [1.54, 1.807) is 13.2 Å². The molecule has 2 atom stereocenters. The van der Waals surface area contributed by atoms with Gasteiger partial charge >= 0.3 is 0 Å². The third-order valence-corrected chi connectivity index (χ3v) is 5.25. The number of primary amides is 1. The Labute approximate surface area is 184 Å². The molecule has 0 saturated heterocycles. The van der Waals surface area contributed by atoms with Gasteiger partial charge in [-0.3, -0.25) is 4.79 Å². The fourth-order valence-electron chi connectivity index (χ4n) is 3.35. The van der Waals surface area contributed by atoms with E-state index in [9.17, 15) is 9.18 Å². The lowest BCUT2D eigenvalue weighted by atomic mass is 9.91. The molecule has 0 bridgehead atoms. The molecule has 2 heterocycles. The van der Waals surface area contributed by atoms with Crippen molar-refractivity contribution in [1.82, 2.24) is 9.97 Å². The molecular weight excluding hydrogens is 427 g/mol. The van der Waals surface area contributed by atoms with E-state index < -0.39 is 11.7 Å². The van der Waals surface area contributed by atoms with Crippen LogP contribution in [0.15, 0.2) is 18.3 Å². The number of nitrogens with zero attached hydrogens (tertiary/aromatic N) is 2. The van der Waals surface area contributed by atoms with E-state index in [-0.39, 0.29) is 40.2 Å². The molecule has 31 heavy (non-hydrogen) atoms. The van der Waals surface area contributed by atoms with Crippen molar-refractivity contribution in [3.05, 3.63) is 34.7 Å². The maximum atomic E-state index is 14.6. The number of methoxy groups -OCH3 is 1. The van der Waals surface area contributed by atoms with E-state index in [4.69, 9.17) is 32.5 Å². The lowest BCUT2D eigenvalue weighted by molar-refractivity contribution is 0.100. The van der Waals surface area contributed by atoms with Crippen LogP contribution in [0.5, 0.6) is 5.88 Å². The fraction of sp³-hybridized carbons (Fsp3) is 0.450. The Kier molecular flexibility index (Phi) is 7.83. The maximum absolute atomic E-state index is 14.6. The zero-order valence-corrected chi connectivity index (χ0v) is 17.9. The number of nitrogens with two attached hydrogens (primary N) is 2. The van der Waals surface area contributed by atoms with E-state index in [0.717, 1.165) is 31.7 Å². The molecule has 9 nitrogen and oxygen atoms in total. The highest BCUT2D eigenvalue weighted by Crippen LogP contribution is 2.29. The molecule has 0 aromatic carbocycles. The molecule has 1 amide bonds. The summed E-state index contributed by atoms with van der Waals surface area (Å²) in [6.07, 6.45) is 5.16. The van der Waals surface area contributed by atoms with E-state index in [1.165, 1.54) is 6.20 Å². The van der Waals surface area contributed by atoms with E-state index in [1.807, 2.05) is 0 Å². The Hall–Kier alpha value is -2.69. The highest BCUT2D eigenvalue weighted by molar-refractivity contribution is 6.32. The van der Waals surface area contributed by atoms with Crippen molar-refractivity contribution in [2.45, 2.75) is 37.8 Å². The van der Waals surface area contributed by atoms with Crippen LogP contribution in [0, 0.1) is 5.82 Å². The number of amides is 1. The van der Waals surface area contributed by atoms with Crippen LogP contribution in [0.25, 0.3) is 0 Å². The summed E-state index contributed by atoms with van der Waals surface area (Å²) >= 11 is 6.21. The highest BCUT2D eigenvalue weighted by atomic mass is 35.5. The molecule has 0 spiro atoms. The van der Waals surface area contributed by atoms with Gasteiger partial charge in [-0.15, -0.1) is 0 Å². The number of carbonyl (C=O) groups excluding carboxylic acids is 1. The first-order valence-electron chi connectivity index (χ1n) is 9.95. The van der Waals surface area contributed by atoms with Crippen LogP contribution in [0.4, 0.5) is 21.7 Å². The van der Waals surface area contributed by atoms with Crippen LogP contribution in [-0.4, -0.2) is 48.3 Å². The van der Waals surface area contributed by atoms with Gasteiger partial charge in [-0.2, -0.15) is 0 Å². The number of nitrogens with one attached hydrogen (secondary N) is 2. The summed E-state index contributed by atoms with van der Waals surface area (Å²) in [5, 5.41) is 6.24. The average Bonchev–Trinajstić information content (AvgIpc) is 2.73. The SMILES string of the molecule is COCCOc1ncc(Nc2nc(N[C@@H]3CCCC[C@@H]3N)c(F)cc2C(N)=O)cc1Cl. The van der Waals surface area contributed by atoms with Gasteiger partial charge in [0.25, 0.3) is 5.91 Å². The second-order valence-corrected chi connectivity index (χ2v) is 7.66. The molecule has 0 unspecified atom stereocenters. The molecule has 2 aromatic heterocycles. The monoisotopic (exact) mass is 452 g/mol. The summed E-state index contributed by atoms with van der Waals surface area (Å²) in [4.78, 5) is 20.2. The number of hydrogen-bond donors (Lipinski definition) is 4. The first-order valence-corrected chi connectivity index (χ1v) is 10.3. The number of aromatic nitrogens is 2. The number of hydrogen-bond acceptors (Lipinski definition) is 8. The summed E-state index contributed by atoms with van der Waals surface area (Å²) in [6, 6.07) is 2.39. The van der Waals surface area contributed by atoms with Crippen LogP contribution < -0.4 is 26.8 Å². The third-order valence-electron chi connectivity index (χ3n) is 4.98. The van der Waals surface area contributed by atoms with E-state index in [2.05, 4.69) is 20.6 Å². The summed E-state index contributed by atoms with van der Waals surface area (Å²) in [5.41, 5.74) is 11.9. The van der Waals surface area contributed by atoms with Gasteiger partial charge in [-0.1, -0.05) is 24.4 Å². The summed E-state index contributed by atoms with van der Waals surface area (Å²) in [5.74, 6) is -1.20. The van der Waals surface area contributed by atoms with Gasteiger partial charge in [0.05, 0.1) is 24.1 Å². The molecule has 11 heteroatoms. The predicted octanol–water partition coefficient (Wildman–Crippen LogP) is 2.82. The lowest BCUT2D eigenvalue weighted by Crippen LogP contribution is -2.43. The predicted molar refractivity (Wildman–Crippen MR) is 116 cm³/mol. The van der Waals surface area contributed by atoms with Gasteiger partial charge in [-0.05, 0) is 25.0 Å². The minimum atomic E-state index is -0.826. The number of pyridine rings is 2. The summed E-state index contributed by atoms with van der Waals surface area (Å²) < 4.78 is 25.0. The first-order chi connectivity index (χ1) is 14.9. The van der Waals surface area contributed by atoms with E-state index >= 15 is 0 Å². The van der Waals surface area contributed by atoms with Gasteiger partial charge in [0.15, 0.2) is 11.6 Å². The Morgan fingerprint density at radius 1 is 1.29 bits per heavy atom. The van der Waals surface area contributed by atoms with Crippen LogP contribution >= 0.6 is 11.6 Å². The molecule has 1 fully saturated rings. The van der Waals surface area contributed by atoms with Gasteiger partial charge in [0, 0.05) is 19.2 Å². The molecule has 3 rings (SSSR count). The molecule has 0 aliphatic heterocycles. The Balaban J connectivity index is 1.83. The first kappa shape index (κ1) is 23.0. The van der Waals surface area contributed by atoms with Crippen LogP contribution in [0.1, 0.15) is 36.0 Å². The number of rotatable bonds is 9. The van der Waals surface area contributed by atoms with Gasteiger partial charge in [0.2, 0.25) is 5.88 Å². The largest absolute Gasteiger partial charge is 0.474 e. The normalized spacial score (nSPS) is 18.5. The molecule has 1 aliphatic rings. The minimum Gasteiger partial charge on any atom is -0.474 e. The van der Waals surface area contributed by atoms with Crippen LogP contribution in [0.2, 0.25) is 5.02 Å². The molecule has 1 saturated carbocycles. The second-order valence-electron chi connectivity index (χ2n) is 7.26. The third kappa shape index (κ3) is 5.93. The summed E-state index contributed by atoms with van der Waals surface area (Å²) in [6.45, 7) is 0.680. The average molecular weight is 453 g/mol. The number of anilines is 3. The highest BCUT2D eigenvalue weighted by Gasteiger charge is 2.24. The minimum absolute atomic E-state index is 0.00609. The fourth-order valence-corrected chi connectivity index (χ4v) is 3.57. The molecular formula is C20H26ClFN6O3. The zero-order chi connectivity index (χ0) is 22.4. The number of carbonyl (C=O) groups is 1. The topological polar surface area (TPSA) is 137 Å². The van der Waals surface area contributed by atoms with E-state index in [0.29, 0.717) is 18.9 Å². The summed E-state index contributed by atoms with van der Waals surface area (Å²) in [7, 11) is 1.56. The second kappa shape index (κ2) is 10.6. The van der Waals surface area contributed by atoms with Crippen molar-refractivity contribution >= 4 is 34.8 Å². The molecule has 1 aliphatic carbocycles. The van der Waals surface area contributed by atoms with Crippen LogP contribution in [-0.2, 0) is 4.74 Å². The van der Waals surface area contributed by atoms with Crippen molar-refractivity contribution in [2.75, 3.05) is 31.0 Å². The van der Waals surface area contributed by atoms with Crippen LogP contribution in [0.3, 0.4) is 0 Å². The molecule has 6 N–H and O–H groups in total.